The SMILES string of the molecule is Cc1ccc(OCCN)c2c1C(=O)O[C@@H](C)[C@H](C)/C=C\C(O)[C@H]1OC(C)(C)O[C@H]1CC=C2. The second-order valence-corrected chi connectivity index (χ2v) is 8.93. The molecule has 32 heavy (non-hydrogen) atoms. The van der Waals surface area contributed by atoms with Gasteiger partial charge in [0, 0.05) is 18.0 Å². The number of carbonyl (C=O) groups excluding carboxylic acids is 1. The molecule has 5 atom stereocenters. The van der Waals surface area contributed by atoms with Gasteiger partial charge < -0.3 is 29.8 Å². The van der Waals surface area contributed by atoms with Gasteiger partial charge in [-0.15, -0.1) is 0 Å². The molecule has 1 saturated heterocycles. The van der Waals surface area contributed by atoms with Crippen molar-refractivity contribution in [3.63, 3.8) is 0 Å². The minimum absolute atomic E-state index is 0.110. The maximum atomic E-state index is 13.2. The molecule has 0 spiro atoms. The summed E-state index contributed by atoms with van der Waals surface area (Å²) >= 11 is 0. The van der Waals surface area contributed by atoms with Crippen molar-refractivity contribution in [3.8, 4) is 5.75 Å². The number of hydrogen-bond acceptors (Lipinski definition) is 7. The third-order valence-electron chi connectivity index (χ3n) is 5.85. The normalized spacial score (nSPS) is 31.2. The molecule has 1 aromatic carbocycles. The molecule has 0 amide bonds. The van der Waals surface area contributed by atoms with Gasteiger partial charge in [-0.25, -0.2) is 4.79 Å². The van der Waals surface area contributed by atoms with E-state index < -0.39 is 30.1 Å². The number of aryl methyl sites for hydroxylation is 1. The molecule has 0 saturated carbocycles. The number of fused-ring (bicyclic) bond motifs is 2. The number of esters is 1. The molecule has 2 heterocycles. The van der Waals surface area contributed by atoms with Crippen LogP contribution in [-0.4, -0.2) is 54.4 Å². The Morgan fingerprint density at radius 2 is 1.97 bits per heavy atom. The lowest BCUT2D eigenvalue weighted by molar-refractivity contribution is -0.152. The van der Waals surface area contributed by atoms with Crippen LogP contribution in [0.25, 0.3) is 6.08 Å². The molecule has 1 unspecified atom stereocenters. The number of aliphatic hydroxyl groups excluding tert-OH is 1. The predicted octanol–water partition coefficient (Wildman–Crippen LogP) is 3.37. The highest BCUT2D eigenvalue weighted by molar-refractivity contribution is 5.96. The van der Waals surface area contributed by atoms with Gasteiger partial charge in [-0.3, -0.25) is 0 Å². The van der Waals surface area contributed by atoms with Crippen molar-refractivity contribution in [2.24, 2.45) is 11.7 Å². The predicted molar refractivity (Wildman–Crippen MR) is 122 cm³/mol. The quantitative estimate of drug-likeness (QED) is 0.543. The van der Waals surface area contributed by atoms with Gasteiger partial charge >= 0.3 is 5.97 Å². The van der Waals surface area contributed by atoms with Gasteiger partial charge in [-0.05, 0) is 45.7 Å². The molecule has 176 valence electrons. The van der Waals surface area contributed by atoms with Crippen LogP contribution >= 0.6 is 0 Å². The first kappa shape index (κ1) is 24.5. The van der Waals surface area contributed by atoms with E-state index in [1.165, 1.54) is 0 Å². The molecule has 7 nitrogen and oxygen atoms in total. The van der Waals surface area contributed by atoms with Gasteiger partial charge in [0.2, 0.25) is 0 Å². The molecule has 0 aliphatic carbocycles. The maximum absolute atomic E-state index is 13.2. The van der Waals surface area contributed by atoms with Crippen molar-refractivity contribution >= 4 is 12.0 Å². The summed E-state index contributed by atoms with van der Waals surface area (Å²) in [6.07, 6.45) is 5.71. The zero-order chi connectivity index (χ0) is 23.5. The molecular weight excluding hydrogens is 410 g/mol. The molecule has 7 heteroatoms. The van der Waals surface area contributed by atoms with Gasteiger partial charge in [-0.2, -0.15) is 0 Å². The number of ether oxygens (including phenoxy) is 4. The zero-order valence-corrected chi connectivity index (χ0v) is 19.5. The molecule has 0 aromatic heterocycles. The fourth-order valence-electron chi connectivity index (χ4n) is 3.99. The average Bonchev–Trinajstić information content (AvgIpc) is 3.04. The van der Waals surface area contributed by atoms with Crippen molar-refractivity contribution in [3.05, 3.63) is 47.1 Å². The van der Waals surface area contributed by atoms with Gasteiger partial charge in [0.15, 0.2) is 5.79 Å². The highest BCUT2D eigenvalue weighted by Gasteiger charge is 2.43. The molecule has 2 aliphatic heterocycles. The number of benzene rings is 1. The first-order chi connectivity index (χ1) is 15.1. The second-order valence-electron chi connectivity index (χ2n) is 8.93. The van der Waals surface area contributed by atoms with Crippen LogP contribution in [-0.2, 0) is 14.2 Å². The molecule has 2 aliphatic rings. The molecule has 0 radical (unpaired) electrons. The summed E-state index contributed by atoms with van der Waals surface area (Å²) in [6, 6.07) is 3.68. The summed E-state index contributed by atoms with van der Waals surface area (Å²) in [6.45, 7) is 10.0. The summed E-state index contributed by atoms with van der Waals surface area (Å²) in [5.41, 5.74) is 7.53. The first-order valence-corrected chi connectivity index (χ1v) is 11.2. The first-order valence-electron chi connectivity index (χ1n) is 11.2. The lowest BCUT2D eigenvalue weighted by Gasteiger charge is -2.23. The van der Waals surface area contributed by atoms with E-state index >= 15 is 0 Å². The Labute approximate surface area is 190 Å². The molecule has 1 aromatic rings. The Hall–Kier alpha value is -2.19. The maximum Gasteiger partial charge on any atom is 0.339 e. The second kappa shape index (κ2) is 10.2. The Morgan fingerprint density at radius 1 is 1.22 bits per heavy atom. The van der Waals surface area contributed by atoms with E-state index in [9.17, 15) is 9.90 Å². The molecule has 0 bridgehead atoms. The molecular formula is C25H35NO6. The summed E-state index contributed by atoms with van der Waals surface area (Å²) in [4.78, 5) is 13.2. The zero-order valence-electron chi connectivity index (χ0n) is 19.5. The van der Waals surface area contributed by atoms with E-state index in [0.717, 1.165) is 5.56 Å². The summed E-state index contributed by atoms with van der Waals surface area (Å²) in [5, 5.41) is 10.8. The van der Waals surface area contributed by atoms with Crippen LogP contribution in [0.3, 0.4) is 0 Å². The monoisotopic (exact) mass is 445 g/mol. The minimum Gasteiger partial charge on any atom is -0.492 e. The van der Waals surface area contributed by atoms with Crippen molar-refractivity contribution in [1.29, 1.82) is 0 Å². The van der Waals surface area contributed by atoms with E-state index in [1.807, 2.05) is 65.0 Å². The Kier molecular flexibility index (Phi) is 7.77. The van der Waals surface area contributed by atoms with Crippen LogP contribution in [0.5, 0.6) is 5.75 Å². The van der Waals surface area contributed by atoms with Crippen LogP contribution in [0, 0.1) is 12.8 Å². The standard InChI is InChI=1S/C25H35NO6/c1-15-9-11-19(27)23-21(31-25(4,5)32-23)8-6-7-18-20(29-14-13-26)12-10-16(2)22(18)24(28)30-17(15)3/h6-7,9-12,15,17,19,21,23,27H,8,13-14,26H2,1-5H3/b7-6?,11-9-/t15-,17+,19?,21+,23-/m1/s1. The van der Waals surface area contributed by atoms with Crippen LogP contribution in [0.2, 0.25) is 0 Å². The van der Waals surface area contributed by atoms with Gasteiger partial charge in [0.05, 0.1) is 11.7 Å². The van der Waals surface area contributed by atoms with E-state index in [-0.39, 0.29) is 12.0 Å². The lowest BCUT2D eigenvalue weighted by atomic mass is 9.97. The number of cyclic esters (lactones) is 1. The largest absolute Gasteiger partial charge is 0.492 e. The lowest BCUT2D eigenvalue weighted by Crippen LogP contribution is -2.34. The molecule has 1 fully saturated rings. The van der Waals surface area contributed by atoms with Gasteiger partial charge in [0.25, 0.3) is 0 Å². The van der Waals surface area contributed by atoms with E-state index in [4.69, 9.17) is 24.7 Å². The van der Waals surface area contributed by atoms with Crippen molar-refractivity contribution < 1.29 is 28.8 Å². The molecule has 3 rings (SSSR count). The fraction of sp³-hybridized carbons (Fsp3) is 0.560. The number of hydrogen-bond donors (Lipinski definition) is 2. The van der Waals surface area contributed by atoms with Crippen molar-refractivity contribution in [2.45, 2.75) is 71.2 Å². The summed E-state index contributed by atoms with van der Waals surface area (Å²) in [7, 11) is 0. The average molecular weight is 446 g/mol. The van der Waals surface area contributed by atoms with Crippen molar-refractivity contribution in [2.75, 3.05) is 13.2 Å². The third-order valence-corrected chi connectivity index (χ3v) is 5.85. The highest BCUT2D eigenvalue weighted by atomic mass is 16.8. The number of aliphatic hydroxyl groups is 1. The number of nitrogens with two attached hydrogens (primary N) is 1. The Bertz CT molecular complexity index is 877. The number of rotatable bonds is 3. The van der Waals surface area contributed by atoms with Crippen LogP contribution in [0.4, 0.5) is 0 Å². The van der Waals surface area contributed by atoms with Crippen molar-refractivity contribution in [1.82, 2.24) is 0 Å². The van der Waals surface area contributed by atoms with Gasteiger partial charge in [-0.1, -0.05) is 37.3 Å². The Balaban J connectivity index is 2.05. The van der Waals surface area contributed by atoms with Crippen LogP contribution in [0.1, 0.15) is 55.6 Å². The van der Waals surface area contributed by atoms with Crippen LogP contribution < -0.4 is 10.5 Å². The minimum atomic E-state index is -0.846. The number of carbonyl (C=O) groups is 1. The van der Waals surface area contributed by atoms with E-state index in [0.29, 0.717) is 36.4 Å². The topological polar surface area (TPSA) is 100 Å². The fourth-order valence-corrected chi connectivity index (χ4v) is 3.99. The Morgan fingerprint density at radius 3 is 2.69 bits per heavy atom. The van der Waals surface area contributed by atoms with E-state index in [1.54, 1.807) is 6.08 Å². The molecule has 3 N–H and O–H groups in total. The van der Waals surface area contributed by atoms with Crippen LogP contribution in [0.15, 0.2) is 30.4 Å². The third kappa shape index (κ3) is 5.59. The summed E-state index contributed by atoms with van der Waals surface area (Å²) < 4.78 is 23.6. The highest BCUT2D eigenvalue weighted by Crippen LogP contribution is 2.34. The smallest absolute Gasteiger partial charge is 0.339 e. The van der Waals surface area contributed by atoms with Gasteiger partial charge in [0.1, 0.15) is 30.7 Å². The van der Waals surface area contributed by atoms with E-state index in [2.05, 4.69) is 0 Å². The summed E-state index contributed by atoms with van der Waals surface area (Å²) in [5.74, 6) is -0.753.